The van der Waals surface area contributed by atoms with E-state index in [1.54, 1.807) is 25.1 Å². The third-order valence-corrected chi connectivity index (χ3v) is 11.5. The third kappa shape index (κ3) is 10.8. The molecule has 4 unspecified atom stereocenters. The molecule has 0 aromatic heterocycles. The molecule has 3 aliphatic heterocycles. The van der Waals surface area contributed by atoms with E-state index in [9.17, 15) is 18.9 Å². The number of aryl methyl sites for hydroxylation is 1. The number of hydrogen-bond donors (Lipinski definition) is 3. The van der Waals surface area contributed by atoms with Gasteiger partial charge < -0.3 is 33.7 Å². The smallest absolute Gasteiger partial charge is 0.337 e. The number of amides is 1. The maximum Gasteiger partial charge on any atom is 0.337 e. The largest absolute Gasteiger partial charge is 0.487 e. The van der Waals surface area contributed by atoms with Crippen molar-refractivity contribution in [3.05, 3.63) is 70.0 Å². The minimum absolute atomic E-state index is 0.0528. The van der Waals surface area contributed by atoms with Crippen LogP contribution >= 0.6 is 11.6 Å². The zero-order valence-corrected chi connectivity index (χ0v) is 33.2. The molecule has 17 heteroatoms. The van der Waals surface area contributed by atoms with Crippen LogP contribution in [0.4, 0.5) is 10.1 Å². The number of aliphatic hydroxyl groups is 1. The number of rotatable bonds is 12. The van der Waals surface area contributed by atoms with Crippen LogP contribution < -0.4 is 14.4 Å². The molecule has 0 radical (unpaired) electrons. The molecule has 0 saturated carbocycles. The highest BCUT2D eigenvalue weighted by Crippen LogP contribution is 2.36. The van der Waals surface area contributed by atoms with E-state index in [2.05, 4.69) is 19.6 Å². The summed E-state index contributed by atoms with van der Waals surface area (Å²) in [5, 5.41) is 11.7. The lowest BCUT2D eigenvalue weighted by atomic mass is 9.94. The standard InChI is InChI=1S/C38H49ClFN5O9S/c1-23-42-32(36(43-23)51-4)35(46)44-55(41,49)22-38(2,48)15-13-29(40)34(50-3)33-26(14-17-53-33)20-45-16-7-6-8-24-18-28(39)11-9-27(24)21-54-31-12-10-25(19-30(31)45)37(47)52-5/h9-13,18-19,23,26,33-34,48H,6-8,14-17,20-22H2,1-5H3,(H2,41,44,46,49)/b29-13-/t23?,26-,33+,34?,38?,55?/m0/s1. The highest BCUT2D eigenvalue weighted by Gasteiger charge is 2.39. The summed E-state index contributed by atoms with van der Waals surface area (Å²) in [6.07, 6.45) is 1.42. The van der Waals surface area contributed by atoms with E-state index in [4.69, 9.17) is 40.1 Å². The Morgan fingerprint density at radius 1 is 1.20 bits per heavy atom. The fourth-order valence-corrected chi connectivity index (χ4v) is 8.68. The Morgan fingerprint density at radius 3 is 2.71 bits per heavy atom. The van der Waals surface area contributed by atoms with Gasteiger partial charge >= 0.3 is 5.97 Å². The number of hydrogen-bond acceptors (Lipinski definition) is 13. The number of carbonyl (C=O) groups is 2. The number of anilines is 1. The third-order valence-electron chi connectivity index (χ3n) is 9.68. The Morgan fingerprint density at radius 2 is 1.98 bits per heavy atom. The second-order valence-electron chi connectivity index (χ2n) is 14.1. The second-order valence-corrected chi connectivity index (χ2v) is 16.4. The van der Waals surface area contributed by atoms with Crippen molar-refractivity contribution in [2.75, 3.05) is 51.7 Å². The van der Waals surface area contributed by atoms with Gasteiger partial charge in [-0.1, -0.05) is 17.7 Å². The van der Waals surface area contributed by atoms with Crippen molar-refractivity contribution in [2.45, 2.75) is 76.5 Å². The number of carbonyl (C=O) groups excluding carboxylic acids is 2. The van der Waals surface area contributed by atoms with E-state index in [0.29, 0.717) is 54.7 Å². The predicted molar refractivity (Wildman–Crippen MR) is 207 cm³/mol. The molecule has 300 valence electrons. The first-order chi connectivity index (χ1) is 26.1. The minimum atomic E-state index is -3.90. The molecule has 6 atom stereocenters. The molecule has 3 N–H and O–H groups in total. The molecule has 0 spiro atoms. The van der Waals surface area contributed by atoms with Gasteiger partial charge in [-0.2, -0.15) is 0 Å². The van der Waals surface area contributed by atoms with Gasteiger partial charge in [-0.3, -0.25) is 9.52 Å². The van der Waals surface area contributed by atoms with E-state index >= 15 is 4.39 Å². The molecular weight excluding hydrogens is 757 g/mol. The van der Waals surface area contributed by atoms with Crippen LogP contribution in [0.1, 0.15) is 61.0 Å². The van der Waals surface area contributed by atoms with Gasteiger partial charge in [-0.05, 0) is 93.5 Å². The minimum Gasteiger partial charge on any atom is -0.487 e. The molecule has 1 fully saturated rings. The predicted octanol–water partition coefficient (Wildman–Crippen LogP) is 5.19. The first-order valence-electron chi connectivity index (χ1n) is 18.0. The van der Waals surface area contributed by atoms with Crippen LogP contribution in [0.3, 0.4) is 0 Å². The lowest BCUT2D eigenvalue weighted by Gasteiger charge is -2.33. The summed E-state index contributed by atoms with van der Waals surface area (Å²) in [5.41, 5.74) is 1.13. The van der Waals surface area contributed by atoms with Crippen molar-refractivity contribution in [3.63, 3.8) is 0 Å². The van der Waals surface area contributed by atoms with E-state index in [0.717, 1.165) is 36.5 Å². The molecule has 3 aliphatic rings. The van der Waals surface area contributed by atoms with E-state index in [-0.39, 0.29) is 23.9 Å². The highest BCUT2D eigenvalue weighted by molar-refractivity contribution is 7.91. The number of nitrogens with one attached hydrogen (secondary N) is 2. The van der Waals surface area contributed by atoms with Crippen LogP contribution in [-0.4, -0.2) is 104 Å². The van der Waals surface area contributed by atoms with Gasteiger partial charge in [0.05, 0.1) is 42.9 Å². The first-order valence-corrected chi connectivity index (χ1v) is 20.1. The van der Waals surface area contributed by atoms with Crippen molar-refractivity contribution in [1.29, 1.82) is 4.78 Å². The summed E-state index contributed by atoms with van der Waals surface area (Å²) in [4.78, 5) is 35.6. The quantitative estimate of drug-likeness (QED) is 0.242. The Kier molecular flexibility index (Phi) is 13.9. The fourth-order valence-electron chi connectivity index (χ4n) is 7.03. The van der Waals surface area contributed by atoms with Gasteiger partial charge in [0, 0.05) is 37.7 Å². The summed E-state index contributed by atoms with van der Waals surface area (Å²) in [5.74, 6) is -2.52. The van der Waals surface area contributed by atoms with Gasteiger partial charge in [0.15, 0.2) is 5.71 Å². The number of fused-ring (bicyclic) bond motifs is 2. The number of methoxy groups -OCH3 is 3. The topological polar surface area (TPSA) is 181 Å². The molecule has 1 amide bonds. The zero-order chi connectivity index (χ0) is 39.9. The lowest BCUT2D eigenvalue weighted by molar-refractivity contribution is -0.113. The van der Waals surface area contributed by atoms with Crippen LogP contribution in [0.2, 0.25) is 5.02 Å². The van der Waals surface area contributed by atoms with Crippen LogP contribution in [-0.2, 0) is 46.7 Å². The fraction of sp³-hybridized carbons (Fsp3) is 0.526. The van der Waals surface area contributed by atoms with E-state index in [1.165, 1.54) is 28.3 Å². The molecule has 1 saturated heterocycles. The Hall–Kier alpha value is -4.09. The molecular formula is C38H49ClFN5O9S. The summed E-state index contributed by atoms with van der Waals surface area (Å²) in [6, 6.07) is 10.9. The van der Waals surface area contributed by atoms with Crippen molar-refractivity contribution in [2.24, 2.45) is 15.9 Å². The van der Waals surface area contributed by atoms with E-state index in [1.807, 2.05) is 18.2 Å². The molecule has 55 heavy (non-hydrogen) atoms. The van der Waals surface area contributed by atoms with Crippen molar-refractivity contribution >= 4 is 50.7 Å². The van der Waals surface area contributed by atoms with Crippen LogP contribution in [0.5, 0.6) is 5.75 Å². The molecule has 0 aliphatic carbocycles. The number of halogens is 2. The van der Waals surface area contributed by atoms with Gasteiger partial charge in [0.2, 0.25) is 5.90 Å². The van der Waals surface area contributed by atoms with Gasteiger partial charge in [0.1, 0.15) is 40.4 Å². The SMILES string of the molecule is COC(=O)c1ccc2c(c1)N(C[C@@H]1CCO[C@H]1C(OC)/C(F)=C/CC(C)(O)CS(=N)(=O)NC(=O)C1=NC(C)N=C1OC)CCCCc1cc(Cl)ccc1CO2. The van der Waals surface area contributed by atoms with Crippen LogP contribution in [0.25, 0.3) is 0 Å². The number of aliphatic imine (C=N–C) groups is 2. The molecule has 5 rings (SSSR count). The molecule has 3 heterocycles. The average Bonchev–Trinajstić information content (AvgIpc) is 3.76. The summed E-state index contributed by atoms with van der Waals surface area (Å²) < 4.78 is 67.6. The van der Waals surface area contributed by atoms with Crippen molar-refractivity contribution in [3.8, 4) is 5.75 Å². The van der Waals surface area contributed by atoms with E-state index < -0.39 is 57.3 Å². The second kappa shape index (κ2) is 18.2. The zero-order valence-electron chi connectivity index (χ0n) is 31.6. The highest BCUT2D eigenvalue weighted by atomic mass is 35.5. The van der Waals surface area contributed by atoms with Crippen LogP contribution in [0, 0.1) is 10.7 Å². The Balaban J connectivity index is 1.31. The number of benzene rings is 2. The van der Waals surface area contributed by atoms with Crippen molar-refractivity contribution < 1.29 is 47.0 Å². The summed E-state index contributed by atoms with van der Waals surface area (Å²) >= 11 is 6.32. The maximum absolute atomic E-state index is 16.0. The first kappa shape index (κ1) is 42.1. The number of nitrogens with zero attached hydrogens (tertiary/aromatic N) is 3. The van der Waals surface area contributed by atoms with Gasteiger partial charge in [-0.25, -0.2) is 28.2 Å². The number of ether oxygens (including phenoxy) is 5. The summed E-state index contributed by atoms with van der Waals surface area (Å²) in [7, 11) is 0.0971. The molecule has 2 aromatic carbocycles. The van der Waals surface area contributed by atoms with Gasteiger partial charge in [0.25, 0.3) is 5.91 Å². The Labute approximate surface area is 326 Å². The number of esters is 1. The monoisotopic (exact) mass is 805 g/mol. The molecule has 2 aromatic rings. The summed E-state index contributed by atoms with van der Waals surface area (Å²) in [6.45, 7) is 4.61. The average molecular weight is 806 g/mol. The molecule has 0 bridgehead atoms. The van der Waals surface area contributed by atoms with Crippen molar-refractivity contribution in [1.82, 2.24) is 4.72 Å². The maximum atomic E-state index is 16.0. The lowest BCUT2D eigenvalue weighted by Crippen LogP contribution is -2.44. The Bertz CT molecular complexity index is 1940. The molecule has 14 nitrogen and oxygen atoms in total. The van der Waals surface area contributed by atoms with Gasteiger partial charge in [-0.15, -0.1) is 0 Å². The van der Waals surface area contributed by atoms with Crippen LogP contribution in [0.15, 0.2) is 58.3 Å². The normalized spacial score (nSPS) is 23.0.